The zero-order chi connectivity index (χ0) is 10.7. The summed E-state index contributed by atoms with van der Waals surface area (Å²) in [7, 11) is 0. The van der Waals surface area contributed by atoms with E-state index < -0.39 is 0 Å². The second-order valence-corrected chi connectivity index (χ2v) is 4.28. The molecule has 0 N–H and O–H groups in total. The summed E-state index contributed by atoms with van der Waals surface area (Å²) in [6, 6.07) is 7.48. The number of aromatic nitrogens is 2. The monoisotopic (exact) mass is 332 g/mol. The quantitative estimate of drug-likeness (QED) is 0.789. The molecule has 1 aromatic heterocycles. The number of nitrogens with zero attached hydrogens (tertiary/aromatic N) is 2. The molecule has 0 atom stereocenters. The average molecular weight is 333 g/mol. The molecule has 76 valence electrons. The fraction of sp³-hybridized carbons (Fsp3) is 0. The van der Waals surface area contributed by atoms with Gasteiger partial charge in [-0.15, -0.1) is 0 Å². The van der Waals surface area contributed by atoms with E-state index in [1.807, 2.05) is 12.1 Å². The molecule has 2 aromatic rings. The first-order valence-electron chi connectivity index (χ1n) is 4.15. The van der Waals surface area contributed by atoms with Crippen LogP contribution in [0.2, 0.25) is 5.02 Å². The maximum atomic E-state index is 5.95. The Labute approximate surface area is 106 Å². The minimum absolute atomic E-state index is 0.315. The van der Waals surface area contributed by atoms with Crippen molar-refractivity contribution in [2.75, 3.05) is 0 Å². The van der Waals surface area contributed by atoms with Crippen molar-refractivity contribution in [3.05, 3.63) is 45.3 Å². The van der Waals surface area contributed by atoms with Gasteiger partial charge in [0.25, 0.3) is 0 Å². The summed E-state index contributed by atoms with van der Waals surface area (Å²) < 4.78 is 6.39. The summed E-state index contributed by atoms with van der Waals surface area (Å²) in [5.41, 5.74) is 0. The average Bonchev–Trinajstić information content (AvgIpc) is 2.25. The largest absolute Gasteiger partial charge is 0.424 e. The van der Waals surface area contributed by atoms with Crippen LogP contribution in [0.25, 0.3) is 0 Å². The van der Waals surface area contributed by atoms with Crippen molar-refractivity contribution in [2.45, 2.75) is 0 Å². The molecule has 15 heavy (non-hydrogen) atoms. The van der Waals surface area contributed by atoms with Gasteiger partial charge in [-0.1, -0.05) is 11.6 Å². The third-order valence-corrected chi connectivity index (χ3v) is 3.21. The van der Waals surface area contributed by atoms with Gasteiger partial charge in [-0.05, 0) is 40.8 Å². The van der Waals surface area contributed by atoms with Gasteiger partial charge in [-0.2, -0.15) is 0 Å². The van der Waals surface area contributed by atoms with E-state index >= 15 is 0 Å². The van der Waals surface area contributed by atoms with Crippen molar-refractivity contribution >= 4 is 34.2 Å². The molecule has 1 aromatic carbocycles. The van der Waals surface area contributed by atoms with E-state index in [9.17, 15) is 0 Å². The molecule has 2 rings (SSSR count). The van der Waals surface area contributed by atoms with E-state index in [0.717, 1.165) is 3.57 Å². The van der Waals surface area contributed by atoms with Crippen LogP contribution in [0.4, 0.5) is 0 Å². The Morgan fingerprint density at radius 3 is 2.60 bits per heavy atom. The van der Waals surface area contributed by atoms with Gasteiger partial charge in [-0.25, -0.2) is 9.97 Å². The summed E-state index contributed by atoms with van der Waals surface area (Å²) >= 11 is 8.11. The van der Waals surface area contributed by atoms with Gasteiger partial charge in [0, 0.05) is 22.0 Å². The minimum atomic E-state index is 0.315. The highest BCUT2D eigenvalue weighted by Gasteiger charge is 2.02. The molecule has 0 aliphatic carbocycles. The van der Waals surface area contributed by atoms with E-state index in [1.54, 1.807) is 24.5 Å². The number of hydrogen-bond acceptors (Lipinski definition) is 3. The summed E-state index contributed by atoms with van der Waals surface area (Å²) in [5, 5.41) is 0.657. The Balaban J connectivity index is 2.22. The van der Waals surface area contributed by atoms with Gasteiger partial charge < -0.3 is 4.74 Å². The minimum Gasteiger partial charge on any atom is -0.424 e. The van der Waals surface area contributed by atoms with Crippen molar-refractivity contribution < 1.29 is 4.74 Å². The highest BCUT2D eigenvalue weighted by Crippen LogP contribution is 2.25. The van der Waals surface area contributed by atoms with Crippen molar-refractivity contribution in [2.24, 2.45) is 0 Å². The maximum absolute atomic E-state index is 5.95. The smallest absolute Gasteiger partial charge is 0.321 e. The SMILES string of the molecule is Clc1cc(Oc2ncccn2)ccc1I. The predicted octanol–water partition coefficient (Wildman–Crippen LogP) is 3.53. The molecule has 3 nitrogen and oxygen atoms in total. The first-order valence-corrected chi connectivity index (χ1v) is 5.61. The highest BCUT2D eigenvalue weighted by molar-refractivity contribution is 14.1. The van der Waals surface area contributed by atoms with Crippen LogP contribution in [0.5, 0.6) is 11.8 Å². The summed E-state index contributed by atoms with van der Waals surface area (Å²) in [6.07, 6.45) is 3.24. The molecule has 0 aliphatic heterocycles. The van der Waals surface area contributed by atoms with Crippen LogP contribution in [-0.2, 0) is 0 Å². The Morgan fingerprint density at radius 1 is 1.20 bits per heavy atom. The predicted molar refractivity (Wildman–Crippen MR) is 66.3 cm³/mol. The molecular formula is C10H6ClIN2O. The van der Waals surface area contributed by atoms with Gasteiger partial charge in [0.1, 0.15) is 5.75 Å². The second kappa shape index (κ2) is 4.76. The third kappa shape index (κ3) is 2.79. The lowest BCUT2D eigenvalue weighted by atomic mass is 10.3. The van der Waals surface area contributed by atoms with Crippen LogP contribution in [-0.4, -0.2) is 9.97 Å². The number of halogens is 2. The van der Waals surface area contributed by atoms with E-state index in [4.69, 9.17) is 16.3 Å². The molecule has 0 aliphatic rings. The van der Waals surface area contributed by atoms with Crippen molar-refractivity contribution in [1.82, 2.24) is 9.97 Å². The van der Waals surface area contributed by atoms with Crippen LogP contribution < -0.4 is 4.74 Å². The molecule has 0 saturated heterocycles. The summed E-state index contributed by atoms with van der Waals surface area (Å²) in [6.45, 7) is 0. The van der Waals surface area contributed by atoms with Crippen LogP contribution in [0, 0.1) is 3.57 Å². The Morgan fingerprint density at radius 2 is 1.93 bits per heavy atom. The second-order valence-electron chi connectivity index (χ2n) is 2.71. The summed E-state index contributed by atoms with van der Waals surface area (Å²) in [5.74, 6) is 0.631. The standard InChI is InChI=1S/C10H6ClIN2O/c11-8-6-7(2-3-9(8)12)15-10-13-4-1-5-14-10/h1-6H. The van der Waals surface area contributed by atoms with Gasteiger partial charge >= 0.3 is 6.01 Å². The van der Waals surface area contributed by atoms with Gasteiger partial charge in [0.05, 0.1) is 5.02 Å². The summed E-state index contributed by atoms with van der Waals surface area (Å²) in [4.78, 5) is 7.90. The van der Waals surface area contributed by atoms with Crippen LogP contribution in [0.1, 0.15) is 0 Å². The van der Waals surface area contributed by atoms with E-state index in [1.165, 1.54) is 0 Å². The topological polar surface area (TPSA) is 35.0 Å². The van der Waals surface area contributed by atoms with Crippen LogP contribution >= 0.6 is 34.2 Å². The lowest BCUT2D eigenvalue weighted by Gasteiger charge is -2.03. The van der Waals surface area contributed by atoms with Crippen LogP contribution in [0.15, 0.2) is 36.7 Å². The fourth-order valence-electron chi connectivity index (χ4n) is 0.984. The molecule has 0 bridgehead atoms. The van der Waals surface area contributed by atoms with Gasteiger partial charge in [0.15, 0.2) is 0 Å². The molecule has 0 fully saturated rings. The molecule has 1 heterocycles. The molecule has 0 unspecified atom stereocenters. The lowest BCUT2D eigenvalue weighted by molar-refractivity contribution is 0.441. The number of benzene rings is 1. The van der Waals surface area contributed by atoms with Crippen molar-refractivity contribution in [3.8, 4) is 11.8 Å². The number of rotatable bonds is 2. The number of hydrogen-bond donors (Lipinski definition) is 0. The molecule has 5 heteroatoms. The van der Waals surface area contributed by atoms with Gasteiger partial charge in [-0.3, -0.25) is 0 Å². The fourth-order valence-corrected chi connectivity index (χ4v) is 1.49. The molecule has 0 radical (unpaired) electrons. The van der Waals surface area contributed by atoms with Crippen molar-refractivity contribution in [3.63, 3.8) is 0 Å². The Bertz CT molecular complexity index is 464. The number of ether oxygens (including phenoxy) is 1. The van der Waals surface area contributed by atoms with E-state index in [0.29, 0.717) is 16.8 Å². The molecule has 0 spiro atoms. The van der Waals surface area contributed by atoms with Crippen molar-refractivity contribution in [1.29, 1.82) is 0 Å². The first kappa shape index (κ1) is 10.6. The maximum Gasteiger partial charge on any atom is 0.321 e. The highest BCUT2D eigenvalue weighted by atomic mass is 127. The zero-order valence-electron chi connectivity index (χ0n) is 7.52. The van der Waals surface area contributed by atoms with Crippen LogP contribution in [0.3, 0.4) is 0 Å². The third-order valence-electron chi connectivity index (χ3n) is 1.64. The lowest BCUT2D eigenvalue weighted by Crippen LogP contribution is -1.90. The molecular weight excluding hydrogens is 326 g/mol. The van der Waals surface area contributed by atoms with Gasteiger partial charge in [0.2, 0.25) is 0 Å². The first-order chi connectivity index (χ1) is 7.25. The molecule has 0 saturated carbocycles. The van der Waals surface area contributed by atoms with E-state index in [-0.39, 0.29) is 0 Å². The zero-order valence-corrected chi connectivity index (χ0v) is 10.4. The molecule has 0 amide bonds. The Kier molecular flexibility index (Phi) is 3.37. The van der Waals surface area contributed by atoms with E-state index in [2.05, 4.69) is 32.6 Å². The Hall–Kier alpha value is -0.880. The normalized spacial score (nSPS) is 10.0.